The molecular weight excluding hydrogens is 268 g/mol. The number of imidazole rings is 1. The Morgan fingerprint density at radius 3 is 2.77 bits per heavy atom. The van der Waals surface area contributed by atoms with Crippen LogP contribution in [-0.4, -0.2) is 9.97 Å². The summed E-state index contributed by atoms with van der Waals surface area (Å²) in [7, 11) is 0. The van der Waals surface area contributed by atoms with Crippen LogP contribution in [-0.2, 0) is 6.42 Å². The highest BCUT2D eigenvalue weighted by Crippen LogP contribution is 2.39. The van der Waals surface area contributed by atoms with Gasteiger partial charge in [-0.25, -0.2) is 4.98 Å². The summed E-state index contributed by atoms with van der Waals surface area (Å²) < 4.78 is 0. The molecule has 1 heterocycles. The lowest BCUT2D eigenvalue weighted by atomic mass is 9.91. The predicted molar refractivity (Wildman–Crippen MR) is 90.0 cm³/mol. The lowest BCUT2D eigenvalue weighted by Crippen LogP contribution is -2.03. The van der Waals surface area contributed by atoms with Crippen molar-refractivity contribution in [3.63, 3.8) is 0 Å². The van der Waals surface area contributed by atoms with Crippen LogP contribution in [0.2, 0.25) is 0 Å². The first-order valence-corrected chi connectivity index (χ1v) is 8.07. The first kappa shape index (κ1) is 13.3. The quantitative estimate of drug-likeness (QED) is 0.567. The summed E-state index contributed by atoms with van der Waals surface area (Å²) in [5.41, 5.74) is 7.07. The molecule has 0 amide bonds. The van der Waals surface area contributed by atoms with E-state index in [0.29, 0.717) is 5.92 Å². The van der Waals surface area contributed by atoms with Gasteiger partial charge >= 0.3 is 0 Å². The Balaban J connectivity index is 1.74. The first-order valence-electron chi connectivity index (χ1n) is 8.07. The van der Waals surface area contributed by atoms with Gasteiger partial charge in [-0.3, -0.25) is 0 Å². The molecule has 1 unspecified atom stereocenters. The maximum absolute atomic E-state index is 4.49. The Morgan fingerprint density at radius 2 is 1.95 bits per heavy atom. The zero-order valence-corrected chi connectivity index (χ0v) is 12.8. The van der Waals surface area contributed by atoms with Gasteiger partial charge in [0, 0.05) is 18.3 Å². The monoisotopic (exact) mass is 288 g/mol. The highest BCUT2D eigenvalue weighted by molar-refractivity contribution is 5.77. The van der Waals surface area contributed by atoms with Crippen LogP contribution in [0, 0.1) is 0 Å². The van der Waals surface area contributed by atoms with Crippen LogP contribution in [0.25, 0.3) is 11.1 Å². The SMILES string of the molecule is CCCC(c1ccc2c(c1)Cc1ccccc1-2)c1ncc[nH]1. The number of aromatic amines is 1. The van der Waals surface area contributed by atoms with Crippen molar-refractivity contribution in [2.45, 2.75) is 32.1 Å². The molecule has 0 spiro atoms. The number of nitrogens with one attached hydrogen (secondary N) is 1. The van der Waals surface area contributed by atoms with Crippen molar-refractivity contribution in [3.8, 4) is 11.1 Å². The minimum absolute atomic E-state index is 0.369. The molecule has 2 heteroatoms. The van der Waals surface area contributed by atoms with Gasteiger partial charge in [0.25, 0.3) is 0 Å². The average Bonchev–Trinajstić information content (AvgIpc) is 3.19. The number of hydrogen-bond acceptors (Lipinski definition) is 1. The summed E-state index contributed by atoms with van der Waals surface area (Å²) in [6.07, 6.45) is 7.10. The summed E-state index contributed by atoms with van der Waals surface area (Å²) in [4.78, 5) is 7.78. The van der Waals surface area contributed by atoms with Gasteiger partial charge in [0.05, 0.1) is 0 Å². The minimum Gasteiger partial charge on any atom is -0.348 e. The Kier molecular flexibility index (Phi) is 3.30. The molecule has 3 aromatic rings. The summed E-state index contributed by atoms with van der Waals surface area (Å²) in [6, 6.07) is 15.7. The van der Waals surface area contributed by atoms with Crippen LogP contribution in [0.5, 0.6) is 0 Å². The fourth-order valence-electron chi connectivity index (χ4n) is 3.60. The molecule has 0 aliphatic heterocycles. The molecule has 0 saturated carbocycles. The molecule has 0 radical (unpaired) electrons. The van der Waals surface area contributed by atoms with Crippen molar-refractivity contribution in [3.05, 3.63) is 77.4 Å². The van der Waals surface area contributed by atoms with Crippen LogP contribution in [0.3, 0.4) is 0 Å². The topological polar surface area (TPSA) is 28.7 Å². The van der Waals surface area contributed by atoms with E-state index >= 15 is 0 Å². The van der Waals surface area contributed by atoms with Crippen LogP contribution in [0.4, 0.5) is 0 Å². The normalized spacial score (nSPS) is 13.7. The molecule has 2 aromatic carbocycles. The summed E-state index contributed by atoms with van der Waals surface area (Å²) in [5.74, 6) is 1.45. The second-order valence-electron chi connectivity index (χ2n) is 6.07. The number of H-pyrrole nitrogens is 1. The van der Waals surface area contributed by atoms with Gasteiger partial charge in [-0.15, -0.1) is 0 Å². The van der Waals surface area contributed by atoms with E-state index < -0.39 is 0 Å². The molecule has 4 rings (SSSR count). The van der Waals surface area contributed by atoms with Crippen molar-refractivity contribution >= 4 is 0 Å². The molecule has 0 bridgehead atoms. The molecule has 1 aliphatic carbocycles. The largest absolute Gasteiger partial charge is 0.348 e. The summed E-state index contributed by atoms with van der Waals surface area (Å²) >= 11 is 0. The van der Waals surface area contributed by atoms with E-state index in [1.807, 2.05) is 12.4 Å². The first-order chi connectivity index (χ1) is 10.9. The van der Waals surface area contributed by atoms with Gasteiger partial charge < -0.3 is 4.98 Å². The van der Waals surface area contributed by atoms with Crippen LogP contribution in [0.15, 0.2) is 54.9 Å². The van der Waals surface area contributed by atoms with Crippen molar-refractivity contribution in [2.24, 2.45) is 0 Å². The zero-order valence-electron chi connectivity index (χ0n) is 12.8. The van der Waals surface area contributed by atoms with E-state index in [-0.39, 0.29) is 0 Å². The fraction of sp³-hybridized carbons (Fsp3) is 0.250. The van der Waals surface area contributed by atoms with E-state index in [9.17, 15) is 0 Å². The number of fused-ring (bicyclic) bond motifs is 3. The summed E-state index contributed by atoms with van der Waals surface area (Å²) in [6.45, 7) is 2.24. The zero-order chi connectivity index (χ0) is 14.9. The molecule has 1 atom stereocenters. The van der Waals surface area contributed by atoms with Crippen molar-refractivity contribution in [1.82, 2.24) is 9.97 Å². The van der Waals surface area contributed by atoms with Gasteiger partial charge in [0.1, 0.15) is 5.82 Å². The molecule has 0 fully saturated rings. The third kappa shape index (κ3) is 2.16. The van der Waals surface area contributed by atoms with Crippen molar-refractivity contribution < 1.29 is 0 Å². The molecule has 22 heavy (non-hydrogen) atoms. The molecule has 0 saturated heterocycles. The Morgan fingerprint density at radius 1 is 1.09 bits per heavy atom. The van der Waals surface area contributed by atoms with E-state index in [0.717, 1.165) is 25.1 Å². The van der Waals surface area contributed by atoms with Crippen LogP contribution >= 0.6 is 0 Å². The highest BCUT2D eigenvalue weighted by atomic mass is 14.9. The lowest BCUT2D eigenvalue weighted by Gasteiger charge is -2.15. The third-order valence-electron chi connectivity index (χ3n) is 4.65. The molecule has 2 nitrogen and oxygen atoms in total. The molecule has 1 aromatic heterocycles. The van der Waals surface area contributed by atoms with Gasteiger partial charge in [0.2, 0.25) is 0 Å². The smallest absolute Gasteiger partial charge is 0.113 e. The average molecular weight is 288 g/mol. The number of rotatable bonds is 4. The van der Waals surface area contributed by atoms with E-state index in [4.69, 9.17) is 0 Å². The molecule has 1 aliphatic rings. The number of hydrogen-bond donors (Lipinski definition) is 1. The van der Waals surface area contributed by atoms with Crippen LogP contribution < -0.4 is 0 Å². The lowest BCUT2D eigenvalue weighted by molar-refractivity contribution is 0.666. The van der Waals surface area contributed by atoms with Crippen LogP contribution in [0.1, 0.15) is 48.2 Å². The van der Waals surface area contributed by atoms with Gasteiger partial charge in [-0.2, -0.15) is 0 Å². The van der Waals surface area contributed by atoms with Crippen molar-refractivity contribution in [1.29, 1.82) is 0 Å². The second kappa shape index (κ2) is 5.45. The Bertz CT molecular complexity index is 787. The van der Waals surface area contributed by atoms with E-state index in [1.54, 1.807) is 0 Å². The maximum Gasteiger partial charge on any atom is 0.113 e. The molecular formula is C20H20N2. The van der Waals surface area contributed by atoms with Gasteiger partial charge in [-0.05, 0) is 40.7 Å². The second-order valence-corrected chi connectivity index (χ2v) is 6.07. The third-order valence-corrected chi connectivity index (χ3v) is 4.65. The van der Waals surface area contributed by atoms with Crippen molar-refractivity contribution in [2.75, 3.05) is 0 Å². The number of benzene rings is 2. The molecule has 110 valence electrons. The summed E-state index contributed by atoms with van der Waals surface area (Å²) in [5, 5.41) is 0. The Labute approximate surface area is 131 Å². The number of aromatic nitrogens is 2. The predicted octanol–water partition coefficient (Wildman–Crippen LogP) is 4.91. The van der Waals surface area contributed by atoms with E-state index in [1.165, 1.54) is 27.8 Å². The fourth-order valence-corrected chi connectivity index (χ4v) is 3.60. The highest BCUT2D eigenvalue weighted by Gasteiger charge is 2.21. The van der Waals surface area contributed by atoms with Gasteiger partial charge in [0.15, 0.2) is 0 Å². The number of nitrogens with zero attached hydrogens (tertiary/aromatic N) is 1. The van der Waals surface area contributed by atoms with E-state index in [2.05, 4.69) is 59.4 Å². The van der Waals surface area contributed by atoms with Gasteiger partial charge in [-0.1, -0.05) is 55.8 Å². The molecule has 1 N–H and O–H groups in total. The standard InChI is InChI=1S/C20H20N2/c1-2-5-19(20-21-10-11-22-20)15-8-9-18-16(13-15)12-14-6-3-4-7-17(14)18/h3-4,6-11,13,19H,2,5,12H2,1H3,(H,21,22). The minimum atomic E-state index is 0.369. The Hall–Kier alpha value is -2.35. The maximum atomic E-state index is 4.49.